The van der Waals surface area contributed by atoms with Gasteiger partial charge in [-0.2, -0.15) is 0 Å². The van der Waals surface area contributed by atoms with Gasteiger partial charge in [0, 0.05) is 45.0 Å². The van der Waals surface area contributed by atoms with Crippen molar-refractivity contribution in [1.82, 2.24) is 15.1 Å². The largest absolute Gasteiger partial charge is 0.334 e. The molecule has 0 saturated carbocycles. The number of anilines is 1. The Hall–Kier alpha value is -2.37. The van der Waals surface area contributed by atoms with E-state index in [1.165, 1.54) is 16.7 Å². The molecule has 0 aromatic heterocycles. The molecule has 4 rings (SSSR count). The molecule has 5 heteroatoms. The summed E-state index contributed by atoms with van der Waals surface area (Å²) in [4.78, 5) is 16.3. The topological polar surface area (TPSA) is 47.6 Å². The monoisotopic (exact) mass is 336 g/mol. The second-order valence-electron chi connectivity index (χ2n) is 6.96. The van der Waals surface area contributed by atoms with E-state index < -0.39 is 0 Å². The summed E-state index contributed by atoms with van der Waals surface area (Å²) in [6.07, 6.45) is 0. The molecule has 2 aliphatic rings. The number of nitrogens with zero attached hydrogens (tertiary/aromatic N) is 2. The van der Waals surface area contributed by atoms with Crippen LogP contribution in [0.1, 0.15) is 11.1 Å². The Balaban J connectivity index is 1.52. The number of piperazine rings is 1. The third-order valence-electron chi connectivity index (χ3n) is 5.06. The molecule has 130 valence electrons. The van der Waals surface area contributed by atoms with Gasteiger partial charge in [0.05, 0.1) is 0 Å². The minimum Gasteiger partial charge on any atom is -0.334 e. The quantitative estimate of drug-likeness (QED) is 0.906. The summed E-state index contributed by atoms with van der Waals surface area (Å²) in [6.45, 7) is 6.13. The molecule has 1 fully saturated rings. The lowest BCUT2D eigenvalue weighted by Crippen LogP contribution is -2.43. The normalized spacial score (nSPS) is 18.4. The van der Waals surface area contributed by atoms with Gasteiger partial charge in [0.2, 0.25) is 0 Å². The van der Waals surface area contributed by atoms with Crippen molar-refractivity contribution in [2.24, 2.45) is 0 Å². The van der Waals surface area contributed by atoms with Gasteiger partial charge in [0.1, 0.15) is 0 Å². The highest BCUT2D eigenvalue weighted by Crippen LogP contribution is 2.27. The summed E-state index contributed by atoms with van der Waals surface area (Å²) in [7, 11) is 2.19. The second-order valence-corrected chi connectivity index (χ2v) is 6.96. The molecule has 2 aromatic rings. The molecule has 1 saturated heterocycles. The molecule has 2 N–H and O–H groups in total. The van der Waals surface area contributed by atoms with Crippen molar-refractivity contribution < 1.29 is 4.79 Å². The first-order valence-corrected chi connectivity index (χ1v) is 8.85. The number of likely N-dealkylation sites (N-methyl/N-ethyl adjacent to an activating group) is 1. The first-order valence-electron chi connectivity index (χ1n) is 8.85. The number of urea groups is 1. The van der Waals surface area contributed by atoms with Crippen molar-refractivity contribution in [3.63, 3.8) is 0 Å². The van der Waals surface area contributed by atoms with Crippen LogP contribution in [0.4, 0.5) is 10.5 Å². The molecule has 0 radical (unpaired) electrons. The molecule has 2 amide bonds. The molecular weight excluding hydrogens is 312 g/mol. The van der Waals surface area contributed by atoms with E-state index in [2.05, 4.69) is 63.9 Å². The van der Waals surface area contributed by atoms with E-state index in [0.717, 1.165) is 44.0 Å². The number of benzene rings is 2. The van der Waals surface area contributed by atoms with E-state index in [0.29, 0.717) is 6.54 Å². The Morgan fingerprint density at radius 3 is 2.64 bits per heavy atom. The number of hydrogen-bond donors (Lipinski definition) is 2. The summed E-state index contributed by atoms with van der Waals surface area (Å²) in [5.74, 6) is 0. The fraction of sp³-hybridized carbons (Fsp3) is 0.350. The van der Waals surface area contributed by atoms with E-state index in [-0.39, 0.29) is 6.03 Å². The van der Waals surface area contributed by atoms with Crippen molar-refractivity contribution in [2.45, 2.75) is 13.1 Å². The Labute approximate surface area is 148 Å². The highest BCUT2D eigenvalue weighted by Gasteiger charge is 2.16. The molecule has 5 nitrogen and oxygen atoms in total. The van der Waals surface area contributed by atoms with E-state index in [1.54, 1.807) is 0 Å². The van der Waals surface area contributed by atoms with Crippen LogP contribution in [0.5, 0.6) is 0 Å². The fourth-order valence-corrected chi connectivity index (χ4v) is 3.50. The maximum Gasteiger partial charge on any atom is 0.319 e. The van der Waals surface area contributed by atoms with Crippen LogP contribution < -0.4 is 10.6 Å². The SMILES string of the molecule is CN1CCN(Cc2cccc(-c3ccc4c(c3)CNC(=O)N4)c2)CC1. The Bertz CT molecular complexity index is 781. The Morgan fingerprint density at radius 2 is 1.80 bits per heavy atom. The molecule has 0 unspecified atom stereocenters. The average Bonchev–Trinajstić information content (AvgIpc) is 2.63. The number of hydrogen-bond acceptors (Lipinski definition) is 3. The van der Waals surface area contributed by atoms with Crippen LogP contribution in [-0.4, -0.2) is 49.1 Å². The third kappa shape index (κ3) is 3.67. The maximum absolute atomic E-state index is 11.4. The van der Waals surface area contributed by atoms with Gasteiger partial charge < -0.3 is 15.5 Å². The van der Waals surface area contributed by atoms with Gasteiger partial charge >= 0.3 is 6.03 Å². The third-order valence-corrected chi connectivity index (χ3v) is 5.06. The summed E-state index contributed by atoms with van der Waals surface area (Å²) in [6, 6.07) is 14.9. The Morgan fingerprint density at radius 1 is 1.00 bits per heavy atom. The van der Waals surface area contributed by atoms with Crippen LogP contribution in [0.15, 0.2) is 42.5 Å². The van der Waals surface area contributed by atoms with Crippen LogP contribution in [-0.2, 0) is 13.1 Å². The minimum absolute atomic E-state index is 0.130. The summed E-state index contributed by atoms with van der Waals surface area (Å²) < 4.78 is 0. The first kappa shape index (κ1) is 16.1. The molecular formula is C20H24N4O. The lowest BCUT2D eigenvalue weighted by atomic mass is 9.99. The molecule has 2 heterocycles. The molecule has 0 atom stereocenters. The van der Waals surface area contributed by atoms with E-state index in [1.807, 2.05) is 6.07 Å². The number of rotatable bonds is 3. The van der Waals surface area contributed by atoms with Crippen molar-refractivity contribution in [1.29, 1.82) is 0 Å². The van der Waals surface area contributed by atoms with Gasteiger partial charge in [0.25, 0.3) is 0 Å². The lowest BCUT2D eigenvalue weighted by molar-refractivity contribution is 0.148. The average molecular weight is 336 g/mol. The maximum atomic E-state index is 11.4. The van der Waals surface area contributed by atoms with Crippen LogP contribution in [0.3, 0.4) is 0 Å². The van der Waals surface area contributed by atoms with Crippen LogP contribution >= 0.6 is 0 Å². The van der Waals surface area contributed by atoms with Crippen LogP contribution in [0.2, 0.25) is 0 Å². The molecule has 0 bridgehead atoms. The van der Waals surface area contributed by atoms with Crippen molar-refractivity contribution in [2.75, 3.05) is 38.5 Å². The minimum atomic E-state index is -0.130. The summed E-state index contributed by atoms with van der Waals surface area (Å²) in [5.41, 5.74) is 5.80. The number of fused-ring (bicyclic) bond motifs is 1. The summed E-state index contributed by atoms with van der Waals surface area (Å²) >= 11 is 0. The molecule has 0 spiro atoms. The molecule has 2 aliphatic heterocycles. The molecule has 25 heavy (non-hydrogen) atoms. The molecule has 2 aromatic carbocycles. The van der Waals surface area contributed by atoms with Gasteiger partial charge in [-0.05, 0) is 47.5 Å². The van der Waals surface area contributed by atoms with Crippen molar-refractivity contribution in [3.05, 3.63) is 53.6 Å². The summed E-state index contributed by atoms with van der Waals surface area (Å²) in [5, 5.41) is 5.67. The van der Waals surface area contributed by atoms with E-state index in [4.69, 9.17) is 0 Å². The predicted molar refractivity (Wildman–Crippen MR) is 101 cm³/mol. The predicted octanol–water partition coefficient (Wildman–Crippen LogP) is 2.74. The van der Waals surface area contributed by atoms with Crippen LogP contribution in [0.25, 0.3) is 11.1 Å². The highest BCUT2D eigenvalue weighted by molar-refractivity contribution is 5.92. The van der Waals surface area contributed by atoms with Gasteiger partial charge in [0.15, 0.2) is 0 Å². The van der Waals surface area contributed by atoms with E-state index in [9.17, 15) is 4.79 Å². The van der Waals surface area contributed by atoms with Gasteiger partial charge in [-0.3, -0.25) is 4.90 Å². The van der Waals surface area contributed by atoms with Crippen LogP contribution in [0, 0.1) is 0 Å². The van der Waals surface area contributed by atoms with E-state index >= 15 is 0 Å². The molecule has 0 aliphatic carbocycles. The fourth-order valence-electron chi connectivity index (χ4n) is 3.50. The Kier molecular flexibility index (Phi) is 4.42. The zero-order valence-electron chi connectivity index (χ0n) is 14.6. The first-order chi connectivity index (χ1) is 12.2. The number of nitrogens with one attached hydrogen (secondary N) is 2. The van der Waals surface area contributed by atoms with Gasteiger partial charge in [-0.25, -0.2) is 4.79 Å². The van der Waals surface area contributed by atoms with Crippen molar-refractivity contribution in [3.8, 4) is 11.1 Å². The highest BCUT2D eigenvalue weighted by atomic mass is 16.2. The standard InChI is InChI=1S/C20H24N4O/c1-23-7-9-24(10-8-23)14-15-3-2-4-16(11-15)17-5-6-19-18(12-17)13-21-20(25)22-19/h2-6,11-12H,7-10,13-14H2,1H3,(H2,21,22,25). The van der Waals surface area contributed by atoms with Crippen molar-refractivity contribution >= 4 is 11.7 Å². The number of carbonyl (C=O) groups excluding carboxylic acids is 1. The number of carbonyl (C=O) groups is 1. The van der Waals surface area contributed by atoms with Gasteiger partial charge in [-0.1, -0.05) is 24.3 Å². The smallest absolute Gasteiger partial charge is 0.319 e. The second kappa shape index (κ2) is 6.86. The zero-order valence-corrected chi connectivity index (χ0v) is 14.6. The number of amides is 2. The lowest BCUT2D eigenvalue weighted by Gasteiger charge is -2.32. The van der Waals surface area contributed by atoms with Gasteiger partial charge in [-0.15, -0.1) is 0 Å². The zero-order chi connectivity index (χ0) is 17.2.